The molecular formula is C13H14N2O2. The molecule has 1 saturated heterocycles. The molecule has 0 amide bonds. The molecule has 0 saturated carbocycles. The maximum atomic E-state index is 11.2. The summed E-state index contributed by atoms with van der Waals surface area (Å²) in [5.41, 5.74) is 1.47. The van der Waals surface area contributed by atoms with Crippen LogP contribution < -0.4 is 4.90 Å². The fraction of sp³-hybridized carbons (Fsp3) is 0.385. The normalized spacial score (nSPS) is 23.4. The van der Waals surface area contributed by atoms with Gasteiger partial charge in [-0.25, -0.2) is 4.79 Å². The van der Waals surface area contributed by atoms with Gasteiger partial charge < -0.3 is 10.0 Å². The SMILES string of the molecule is CC1CCN(c2ccc(C#N)cc2)C1C(=O)O. The van der Waals surface area contributed by atoms with Crippen LogP contribution in [0, 0.1) is 17.2 Å². The van der Waals surface area contributed by atoms with Crippen molar-refractivity contribution in [3.05, 3.63) is 29.8 Å². The monoisotopic (exact) mass is 230 g/mol. The van der Waals surface area contributed by atoms with E-state index in [9.17, 15) is 9.90 Å². The van der Waals surface area contributed by atoms with E-state index in [1.807, 2.05) is 24.0 Å². The van der Waals surface area contributed by atoms with Crippen molar-refractivity contribution < 1.29 is 9.90 Å². The highest BCUT2D eigenvalue weighted by atomic mass is 16.4. The summed E-state index contributed by atoms with van der Waals surface area (Å²) < 4.78 is 0. The van der Waals surface area contributed by atoms with Crippen molar-refractivity contribution >= 4 is 11.7 Å². The van der Waals surface area contributed by atoms with E-state index >= 15 is 0 Å². The molecule has 1 aliphatic heterocycles. The molecule has 0 radical (unpaired) electrons. The predicted molar refractivity (Wildman–Crippen MR) is 63.7 cm³/mol. The van der Waals surface area contributed by atoms with E-state index in [1.165, 1.54) is 0 Å². The van der Waals surface area contributed by atoms with Crippen LogP contribution in [0.15, 0.2) is 24.3 Å². The molecule has 1 aromatic carbocycles. The first-order chi connectivity index (χ1) is 8.13. The van der Waals surface area contributed by atoms with Gasteiger partial charge in [0.25, 0.3) is 0 Å². The van der Waals surface area contributed by atoms with Crippen molar-refractivity contribution in [1.82, 2.24) is 0 Å². The minimum Gasteiger partial charge on any atom is -0.480 e. The van der Waals surface area contributed by atoms with Crippen LogP contribution in [0.25, 0.3) is 0 Å². The maximum Gasteiger partial charge on any atom is 0.326 e. The summed E-state index contributed by atoms with van der Waals surface area (Å²) in [4.78, 5) is 13.1. The zero-order valence-electron chi connectivity index (χ0n) is 9.63. The van der Waals surface area contributed by atoms with Crippen LogP contribution in [0.4, 0.5) is 5.69 Å². The number of carboxylic acids is 1. The first-order valence-electron chi connectivity index (χ1n) is 5.63. The molecule has 17 heavy (non-hydrogen) atoms. The summed E-state index contributed by atoms with van der Waals surface area (Å²) in [5, 5.41) is 17.9. The second-order valence-corrected chi connectivity index (χ2v) is 4.40. The molecule has 2 atom stereocenters. The van der Waals surface area contributed by atoms with Gasteiger partial charge in [0, 0.05) is 12.2 Å². The molecule has 88 valence electrons. The fourth-order valence-electron chi connectivity index (χ4n) is 2.34. The van der Waals surface area contributed by atoms with Crippen LogP contribution in [0.1, 0.15) is 18.9 Å². The van der Waals surface area contributed by atoms with Gasteiger partial charge in [-0.05, 0) is 36.6 Å². The van der Waals surface area contributed by atoms with Crippen molar-refractivity contribution in [1.29, 1.82) is 5.26 Å². The van der Waals surface area contributed by atoms with Crippen LogP contribution >= 0.6 is 0 Å². The lowest BCUT2D eigenvalue weighted by Gasteiger charge is -2.25. The molecule has 4 nitrogen and oxygen atoms in total. The second-order valence-electron chi connectivity index (χ2n) is 4.40. The van der Waals surface area contributed by atoms with E-state index in [0.29, 0.717) is 5.56 Å². The Labute approximate surface area is 100 Å². The van der Waals surface area contributed by atoms with E-state index in [4.69, 9.17) is 5.26 Å². The molecule has 1 aliphatic rings. The van der Waals surface area contributed by atoms with Gasteiger partial charge >= 0.3 is 5.97 Å². The Hall–Kier alpha value is -2.02. The summed E-state index contributed by atoms with van der Waals surface area (Å²) in [5.74, 6) is -0.623. The fourth-order valence-corrected chi connectivity index (χ4v) is 2.34. The molecule has 2 unspecified atom stereocenters. The third kappa shape index (κ3) is 2.09. The number of rotatable bonds is 2. The number of carboxylic acid groups (broad SMARTS) is 1. The lowest BCUT2D eigenvalue weighted by Crippen LogP contribution is -2.38. The van der Waals surface area contributed by atoms with Gasteiger partial charge in [-0.15, -0.1) is 0 Å². The molecule has 4 heteroatoms. The molecule has 0 aliphatic carbocycles. The molecule has 1 fully saturated rings. The summed E-state index contributed by atoms with van der Waals surface area (Å²) in [6.45, 7) is 2.71. The van der Waals surface area contributed by atoms with Gasteiger partial charge in [0.2, 0.25) is 0 Å². The molecule has 2 rings (SSSR count). The summed E-state index contributed by atoms with van der Waals surface area (Å²) >= 11 is 0. The third-order valence-corrected chi connectivity index (χ3v) is 3.28. The lowest BCUT2D eigenvalue weighted by atomic mass is 10.0. The molecule has 1 N–H and O–H groups in total. The second kappa shape index (κ2) is 4.46. The minimum absolute atomic E-state index is 0.156. The number of carbonyl (C=O) groups is 1. The topological polar surface area (TPSA) is 64.3 Å². The van der Waals surface area contributed by atoms with Crippen molar-refractivity contribution in [2.75, 3.05) is 11.4 Å². The van der Waals surface area contributed by atoms with Crippen LogP contribution in [-0.4, -0.2) is 23.7 Å². The van der Waals surface area contributed by atoms with E-state index < -0.39 is 12.0 Å². The standard InChI is InChI=1S/C13H14N2O2/c1-9-6-7-15(12(9)13(16)17)11-4-2-10(8-14)3-5-11/h2-5,9,12H,6-7H2,1H3,(H,16,17). The Morgan fingerprint density at radius 2 is 2.12 bits per heavy atom. The average Bonchev–Trinajstić information content (AvgIpc) is 2.71. The smallest absolute Gasteiger partial charge is 0.326 e. The highest BCUT2D eigenvalue weighted by molar-refractivity contribution is 5.79. The van der Waals surface area contributed by atoms with Crippen molar-refractivity contribution in [3.8, 4) is 6.07 Å². The van der Waals surface area contributed by atoms with Gasteiger partial charge in [-0.1, -0.05) is 6.92 Å². The van der Waals surface area contributed by atoms with E-state index in [2.05, 4.69) is 6.07 Å². The Bertz CT molecular complexity index is 461. The van der Waals surface area contributed by atoms with Gasteiger partial charge in [-0.3, -0.25) is 0 Å². The van der Waals surface area contributed by atoms with Crippen molar-refractivity contribution in [2.24, 2.45) is 5.92 Å². The van der Waals surface area contributed by atoms with Crippen molar-refractivity contribution in [2.45, 2.75) is 19.4 Å². The molecule has 0 bridgehead atoms. The quantitative estimate of drug-likeness (QED) is 0.842. The predicted octanol–water partition coefficient (Wildman–Crippen LogP) is 1.86. The average molecular weight is 230 g/mol. The van der Waals surface area contributed by atoms with Crippen LogP contribution in [0.2, 0.25) is 0 Å². The number of benzene rings is 1. The van der Waals surface area contributed by atoms with Gasteiger partial charge in [-0.2, -0.15) is 5.26 Å². The van der Waals surface area contributed by atoms with Gasteiger partial charge in [0.05, 0.1) is 11.6 Å². The zero-order chi connectivity index (χ0) is 12.4. The van der Waals surface area contributed by atoms with Gasteiger partial charge in [0.15, 0.2) is 0 Å². The van der Waals surface area contributed by atoms with Gasteiger partial charge in [0.1, 0.15) is 6.04 Å². The van der Waals surface area contributed by atoms with Crippen LogP contribution in [0.5, 0.6) is 0 Å². The largest absolute Gasteiger partial charge is 0.480 e. The van der Waals surface area contributed by atoms with Crippen LogP contribution in [0.3, 0.4) is 0 Å². The maximum absolute atomic E-state index is 11.2. The molecule has 0 spiro atoms. The summed E-state index contributed by atoms with van der Waals surface area (Å²) in [6.07, 6.45) is 0.886. The minimum atomic E-state index is -0.778. The van der Waals surface area contributed by atoms with E-state index in [-0.39, 0.29) is 5.92 Å². The van der Waals surface area contributed by atoms with Crippen LogP contribution in [-0.2, 0) is 4.79 Å². The van der Waals surface area contributed by atoms with E-state index in [0.717, 1.165) is 18.7 Å². The third-order valence-electron chi connectivity index (χ3n) is 3.28. The first-order valence-corrected chi connectivity index (χ1v) is 5.63. The molecule has 0 aromatic heterocycles. The summed E-state index contributed by atoms with van der Waals surface area (Å²) in [7, 11) is 0. The first kappa shape index (κ1) is 11.5. The van der Waals surface area contributed by atoms with Crippen molar-refractivity contribution in [3.63, 3.8) is 0 Å². The molecule has 1 aromatic rings. The highest BCUT2D eigenvalue weighted by Crippen LogP contribution is 2.29. The summed E-state index contributed by atoms with van der Waals surface area (Å²) in [6, 6.07) is 8.66. The molecular weight excluding hydrogens is 216 g/mol. The number of anilines is 1. The number of nitriles is 1. The lowest BCUT2D eigenvalue weighted by molar-refractivity contribution is -0.139. The number of hydrogen-bond donors (Lipinski definition) is 1. The highest BCUT2D eigenvalue weighted by Gasteiger charge is 2.36. The number of nitrogens with zero attached hydrogens (tertiary/aromatic N) is 2. The van der Waals surface area contributed by atoms with E-state index in [1.54, 1.807) is 12.1 Å². The Morgan fingerprint density at radius 1 is 1.47 bits per heavy atom. The Balaban J connectivity index is 2.27. The Kier molecular flexibility index (Phi) is 3.01. The number of hydrogen-bond acceptors (Lipinski definition) is 3. The Morgan fingerprint density at radius 3 is 2.65 bits per heavy atom. The molecule has 1 heterocycles. The zero-order valence-corrected chi connectivity index (χ0v) is 9.63. The number of aliphatic carboxylic acids is 1.